The quantitative estimate of drug-likeness (QED) is 0.788. The highest BCUT2D eigenvalue weighted by Crippen LogP contribution is 2.25. The van der Waals surface area contributed by atoms with Gasteiger partial charge in [-0.1, -0.05) is 23.7 Å². The number of anilines is 1. The van der Waals surface area contributed by atoms with E-state index in [1.807, 2.05) is 0 Å². The first-order chi connectivity index (χ1) is 5.90. The first kappa shape index (κ1) is 10.3. The highest BCUT2D eigenvalue weighted by molar-refractivity contribution is 7.90. The molecule has 0 heterocycles. The number of aryl methyl sites for hydroxylation is 1. The monoisotopic (exact) mass is 220 g/mol. The maximum absolute atomic E-state index is 10.7. The Morgan fingerprint density at radius 1 is 1.46 bits per heavy atom. The number of halogens is 1. The van der Waals surface area contributed by atoms with Crippen LogP contribution in [0.15, 0.2) is 18.2 Å². The van der Waals surface area contributed by atoms with E-state index in [1.54, 1.807) is 25.1 Å². The average Bonchev–Trinajstić information content (AvgIpc) is 1.95. The van der Waals surface area contributed by atoms with Crippen molar-refractivity contribution in [2.75, 3.05) is 4.72 Å². The summed E-state index contributed by atoms with van der Waals surface area (Å²) in [6.45, 7) is 1.74. The number of benzene rings is 1. The second-order valence-electron chi connectivity index (χ2n) is 2.58. The Hall–Kier alpha value is -0.780. The van der Waals surface area contributed by atoms with Crippen LogP contribution in [-0.4, -0.2) is 8.42 Å². The molecule has 0 atom stereocenters. The minimum absolute atomic E-state index is 0.326. The van der Waals surface area contributed by atoms with Gasteiger partial charge in [-0.05, 0) is 18.6 Å². The zero-order valence-electron chi connectivity index (χ0n) is 6.91. The van der Waals surface area contributed by atoms with E-state index in [0.717, 1.165) is 5.56 Å². The summed E-state index contributed by atoms with van der Waals surface area (Å²) in [5.74, 6) is 0. The van der Waals surface area contributed by atoms with Gasteiger partial charge in [-0.2, -0.15) is 8.42 Å². The summed E-state index contributed by atoms with van der Waals surface area (Å²) in [5.41, 5.74) is 1.05. The van der Waals surface area contributed by atoms with Gasteiger partial charge in [-0.25, -0.2) is 5.14 Å². The Labute approximate surface area is 81.9 Å². The molecule has 0 aliphatic carbocycles. The van der Waals surface area contributed by atoms with Gasteiger partial charge in [0.2, 0.25) is 0 Å². The predicted octanol–water partition coefficient (Wildman–Crippen LogP) is 1.26. The predicted molar refractivity (Wildman–Crippen MR) is 52.9 cm³/mol. The molecule has 0 unspecified atom stereocenters. The van der Waals surface area contributed by atoms with Crippen LogP contribution in [-0.2, 0) is 10.2 Å². The molecule has 1 rings (SSSR count). The summed E-state index contributed by atoms with van der Waals surface area (Å²) < 4.78 is 23.6. The molecule has 0 spiro atoms. The van der Waals surface area contributed by atoms with E-state index in [1.165, 1.54) is 0 Å². The van der Waals surface area contributed by atoms with Gasteiger partial charge >= 0.3 is 0 Å². The minimum atomic E-state index is -3.76. The molecule has 0 aliphatic rings. The zero-order valence-corrected chi connectivity index (χ0v) is 8.48. The Bertz CT molecular complexity index is 396. The fourth-order valence-corrected chi connectivity index (χ4v) is 1.78. The molecule has 0 aromatic heterocycles. The average molecular weight is 221 g/mol. The van der Waals surface area contributed by atoms with Gasteiger partial charge in [0.25, 0.3) is 10.2 Å². The Morgan fingerprint density at radius 2 is 2.08 bits per heavy atom. The van der Waals surface area contributed by atoms with E-state index in [4.69, 9.17) is 16.7 Å². The van der Waals surface area contributed by atoms with Gasteiger partial charge in [0.05, 0.1) is 10.7 Å². The molecule has 0 aliphatic heterocycles. The van der Waals surface area contributed by atoms with E-state index in [0.29, 0.717) is 10.7 Å². The van der Waals surface area contributed by atoms with Crippen molar-refractivity contribution < 1.29 is 8.42 Å². The Kier molecular flexibility index (Phi) is 2.80. The molecule has 72 valence electrons. The molecule has 0 saturated carbocycles. The maximum atomic E-state index is 10.7. The molecule has 1 aromatic rings. The second-order valence-corrected chi connectivity index (χ2v) is 4.28. The fraction of sp³-hybridized carbons (Fsp3) is 0.143. The topological polar surface area (TPSA) is 72.2 Å². The lowest BCUT2D eigenvalue weighted by molar-refractivity contribution is 0.603. The first-order valence-electron chi connectivity index (χ1n) is 3.46. The molecule has 13 heavy (non-hydrogen) atoms. The Morgan fingerprint density at radius 3 is 2.54 bits per heavy atom. The molecular formula is C7H9ClN2O2S. The van der Waals surface area contributed by atoms with Crippen LogP contribution in [0, 0.1) is 6.92 Å². The van der Waals surface area contributed by atoms with Crippen molar-refractivity contribution in [2.45, 2.75) is 6.92 Å². The van der Waals surface area contributed by atoms with Gasteiger partial charge in [0, 0.05) is 0 Å². The van der Waals surface area contributed by atoms with Crippen LogP contribution in [0.5, 0.6) is 0 Å². The van der Waals surface area contributed by atoms with Crippen molar-refractivity contribution in [3.8, 4) is 0 Å². The number of rotatable bonds is 2. The third-order valence-corrected chi connectivity index (χ3v) is 2.27. The van der Waals surface area contributed by atoms with Gasteiger partial charge in [-0.15, -0.1) is 0 Å². The van der Waals surface area contributed by atoms with Crippen molar-refractivity contribution in [2.24, 2.45) is 5.14 Å². The van der Waals surface area contributed by atoms with Crippen molar-refractivity contribution in [3.05, 3.63) is 28.8 Å². The number of para-hydroxylation sites is 1. The summed E-state index contributed by atoms with van der Waals surface area (Å²) in [4.78, 5) is 0. The fourth-order valence-electron chi connectivity index (χ4n) is 0.903. The molecule has 1 aromatic carbocycles. The van der Waals surface area contributed by atoms with E-state index >= 15 is 0 Å². The van der Waals surface area contributed by atoms with Gasteiger partial charge in [0.15, 0.2) is 0 Å². The molecule has 4 nitrogen and oxygen atoms in total. The van der Waals surface area contributed by atoms with Crippen LogP contribution >= 0.6 is 11.6 Å². The standard InChI is InChI=1S/C7H9ClN2O2S/c1-5-3-2-4-6(8)7(5)10-13(9,11)12/h2-4,10H,1H3,(H2,9,11,12). The first-order valence-corrected chi connectivity index (χ1v) is 5.38. The van der Waals surface area contributed by atoms with E-state index < -0.39 is 10.2 Å². The minimum Gasteiger partial charge on any atom is -0.269 e. The van der Waals surface area contributed by atoms with Crippen molar-refractivity contribution >= 4 is 27.5 Å². The number of nitrogens with one attached hydrogen (secondary N) is 1. The van der Waals surface area contributed by atoms with Crippen LogP contribution in [0.25, 0.3) is 0 Å². The van der Waals surface area contributed by atoms with Crippen LogP contribution in [0.2, 0.25) is 5.02 Å². The summed E-state index contributed by atoms with van der Waals surface area (Å²) in [6.07, 6.45) is 0. The third kappa shape index (κ3) is 2.87. The summed E-state index contributed by atoms with van der Waals surface area (Å²) >= 11 is 5.75. The van der Waals surface area contributed by atoms with Crippen LogP contribution in [0.3, 0.4) is 0 Å². The van der Waals surface area contributed by atoms with Crippen LogP contribution < -0.4 is 9.86 Å². The SMILES string of the molecule is Cc1cccc(Cl)c1NS(N)(=O)=O. The number of hydrogen-bond donors (Lipinski definition) is 2. The lowest BCUT2D eigenvalue weighted by Crippen LogP contribution is -2.22. The summed E-state index contributed by atoms with van der Waals surface area (Å²) in [5, 5.41) is 5.14. The van der Waals surface area contributed by atoms with Crippen molar-refractivity contribution in [1.82, 2.24) is 0 Å². The molecule has 0 bridgehead atoms. The molecule has 0 radical (unpaired) electrons. The molecular weight excluding hydrogens is 212 g/mol. The second kappa shape index (κ2) is 3.53. The largest absolute Gasteiger partial charge is 0.296 e. The van der Waals surface area contributed by atoms with Gasteiger partial charge in [-0.3, -0.25) is 4.72 Å². The molecule has 0 fully saturated rings. The smallest absolute Gasteiger partial charge is 0.269 e. The van der Waals surface area contributed by atoms with Crippen molar-refractivity contribution in [3.63, 3.8) is 0 Å². The molecule has 3 N–H and O–H groups in total. The van der Waals surface area contributed by atoms with Crippen LogP contribution in [0.4, 0.5) is 5.69 Å². The summed E-state index contributed by atoms with van der Waals surface area (Å²) in [6, 6.07) is 5.05. The van der Waals surface area contributed by atoms with E-state index in [-0.39, 0.29) is 0 Å². The van der Waals surface area contributed by atoms with E-state index in [9.17, 15) is 8.42 Å². The number of nitrogens with two attached hydrogens (primary N) is 1. The molecule has 6 heteroatoms. The maximum Gasteiger partial charge on any atom is 0.296 e. The van der Waals surface area contributed by atoms with Crippen molar-refractivity contribution in [1.29, 1.82) is 0 Å². The third-order valence-electron chi connectivity index (χ3n) is 1.47. The van der Waals surface area contributed by atoms with Gasteiger partial charge < -0.3 is 0 Å². The Balaban J connectivity index is 3.15. The number of hydrogen-bond acceptors (Lipinski definition) is 2. The highest BCUT2D eigenvalue weighted by atomic mass is 35.5. The summed E-state index contributed by atoms with van der Waals surface area (Å²) in [7, 11) is -3.76. The van der Waals surface area contributed by atoms with Gasteiger partial charge in [0.1, 0.15) is 0 Å². The zero-order chi connectivity index (χ0) is 10.1. The molecule has 0 saturated heterocycles. The lowest BCUT2D eigenvalue weighted by Gasteiger charge is -2.08. The highest BCUT2D eigenvalue weighted by Gasteiger charge is 2.08. The molecule has 0 amide bonds. The van der Waals surface area contributed by atoms with E-state index in [2.05, 4.69) is 4.72 Å². The van der Waals surface area contributed by atoms with Crippen LogP contribution in [0.1, 0.15) is 5.56 Å². The lowest BCUT2D eigenvalue weighted by atomic mass is 10.2. The normalized spacial score (nSPS) is 11.3.